The second-order valence-corrected chi connectivity index (χ2v) is 4.58. The maximum atomic E-state index is 5.96. The van der Waals surface area contributed by atoms with Gasteiger partial charge in [-0.2, -0.15) is 0 Å². The lowest BCUT2D eigenvalue weighted by atomic mass is 10.1. The van der Waals surface area contributed by atoms with Crippen LogP contribution in [0.1, 0.15) is 18.0 Å². The number of benzene rings is 1. The molecule has 1 aromatic carbocycles. The van der Waals surface area contributed by atoms with E-state index in [1.807, 2.05) is 12.1 Å². The molecule has 1 aliphatic heterocycles. The SMILES string of the molecule is Clc1ccc2cc(C3CCNC3)[nH]c2c1. The molecule has 0 radical (unpaired) electrons. The molecule has 1 aliphatic rings. The Balaban J connectivity index is 2.05. The molecule has 2 heterocycles. The van der Waals surface area contributed by atoms with Crippen LogP contribution < -0.4 is 5.32 Å². The van der Waals surface area contributed by atoms with E-state index in [9.17, 15) is 0 Å². The molecule has 0 saturated carbocycles. The van der Waals surface area contributed by atoms with Crippen LogP contribution in [0.2, 0.25) is 5.02 Å². The molecule has 1 saturated heterocycles. The maximum Gasteiger partial charge on any atom is 0.0471 e. The molecule has 15 heavy (non-hydrogen) atoms. The molecule has 0 amide bonds. The first-order valence-corrected chi connectivity index (χ1v) is 5.69. The molecule has 2 nitrogen and oxygen atoms in total. The van der Waals surface area contributed by atoms with Crippen LogP contribution in [0.15, 0.2) is 24.3 Å². The first-order chi connectivity index (χ1) is 7.33. The van der Waals surface area contributed by atoms with Gasteiger partial charge in [0.15, 0.2) is 0 Å². The van der Waals surface area contributed by atoms with E-state index in [1.54, 1.807) is 0 Å². The smallest absolute Gasteiger partial charge is 0.0471 e. The minimum Gasteiger partial charge on any atom is -0.358 e. The number of H-pyrrole nitrogens is 1. The lowest BCUT2D eigenvalue weighted by Crippen LogP contribution is -2.07. The van der Waals surface area contributed by atoms with E-state index in [0.717, 1.165) is 23.6 Å². The third kappa shape index (κ3) is 1.64. The number of hydrogen-bond donors (Lipinski definition) is 2. The molecular weight excluding hydrogens is 208 g/mol. The molecule has 2 aromatic rings. The average molecular weight is 221 g/mol. The van der Waals surface area contributed by atoms with E-state index in [0.29, 0.717) is 5.92 Å². The summed E-state index contributed by atoms with van der Waals surface area (Å²) in [7, 11) is 0. The first kappa shape index (κ1) is 9.25. The van der Waals surface area contributed by atoms with Gasteiger partial charge in [-0.25, -0.2) is 0 Å². The van der Waals surface area contributed by atoms with Crippen molar-refractivity contribution in [2.75, 3.05) is 13.1 Å². The number of nitrogens with one attached hydrogen (secondary N) is 2. The highest BCUT2D eigenvalue weighted by Crippen LogP contribution is 2.26. The summed E-state index contributed by atoms with van der Waals surface area (Å²) in [6, 6.07) is 8.24. The van der Waals surface area contributed by atoms with Crippen molar-refractivity contribution < 1.29 is 0 Å². The van der Waals surface area contributed by atoms with Gasteiger partial charge in [0.25, 0.3) is 0 Å². The maximum absolute atomic E-state index is 5.96. The highest BCUT2D eigenvalue weighted by molar-refractivity contribution is 6.31. The van der Waals surface area contributed by atoms with Gasteiger partial charge in [-0.3, -0.25) is 0 Å². The molecule has 0 aliphatic carbocycles. The van der Waals surface area contributed by atoms with E-state index in [4.69, 9.17) is 11.6 Å². The molecule has 0 spiro atoms. The Morgan fingerprint density at radius 2 is 2.20 bits per heavy atom. The van der Waals surface area contributed by atoms with Crippen LogP contribution in [0.4, 0.5) is 0 Å². The number of aromatic amines is 1. The summed E-state index contributed by atoms with van der Waals surface area (Å²) in [5.74, 6) is 0.635. The number of hydrogen-bond acceptors (Lipinski definition) is 1. The van der Waals surface area contributed by atoms with E-state index in [2.05, 4.69) is 22.4 Å². The van der Waals surface area contributed by atoms with Crippen LogP contribution in [0.5, 0.6) is 0 Å². The summed E-state index contributed by atoms with van der Waals surface area (Å²) in [6.45, 7) is 2.21. The Kier molecular flexibility index (Phi) is 2.19. The van der Waals surface area contributed by atoms with Crippen LogP contribution >= 0.6 is 11.6 Å². The minimum absolute atomic E-state index is 0.635. The molecule has 2 N–H and O–H groups in total. The van der Waals surface area contributed by atoms with Gasteiger partial charge in [0.2, 0.25) is 0 Å². The van der Waals surface area contributed by atoms with Gasteiger partial charge < -0.3 is 10.3 Å². The van der Waals surface area contributed by atoms with Gasteiger partial charge in [0, 0.05) is 28.7 Å². The number of aromatic nitrogens is 1. The van der Waals surface area contributed by atoms with Crippen molar-refractivity contribution in [1.29, 1.82) is 0 Å². The third-order valence-corrected chi connectivity index (χ3v) is 3.34. The summed E-state index contributed by atoms with van der Waals surface area (Å²) in [5.41, 5.74) is 2.47. The molecule has 1 unspecified atom stereocenters. The van der Waals surface area contributed by atoms with E-state index < -0.39 is 0 Å². The third-order valence-electron chi connectivity index (χ3n) is 3.11. The fourth-order valence-corrected chi connectivity index (χ4v) is 2.43. The van der Waals surface area contributed by atoms with Gasteiger partial charge >= 0.3 is 0 Å². The summed E-state index contributed by atoms with van der Waals surface area (Å²) < 4.78 is 0. The molecule has 1 aromatic heterocycles. The fraction of sp³-hybridized carbons (Fsp3) is 0.333. The Bertz CT molecular complexity index is 483. The largest absolute Gasteiger partial charge is 0.358 e. The quantitative estimate of drug-likeness (QED) is 0.760. The highest BCUT2D eigenvalue weighted by atomic mass is 35.5. The highest BCUT2D eigenvalue weighted by Gasteiger charge is 2.18. The van der Waals surface area contributed by atoms with Crippen LogP contribution in [-0.2, 0) is 0 Å². The standard InChI is InChI=1S/C12H13ClN2/c13-10-2-1-8-5-11(15-12(8)6-10)9-3-4-14-7-9/h1-2,5-6,9,14-15H,3-4,7H2. The zero-order valence-electron chi connectivity index (χ0n) is 8.39. The Labute approximate surface area is 93.6 Å². The van der Waals surface area contributed by atoms with E-state index >= 15 is 0 Å². The predicted molar refractivity (Wildman–Crippen MR) is 63.5 cm³/mol. The fourth-order valence-electron chi connectivity index (χ4n) is 2.26. The van der Waals surface area contributed by atoms with Crippen molar-refractivity contribution in [2.24, 2.45) is 0 Å². The molecule has 0 bridgehead atoms. The van der Waals surface area contributed by atoms with Crippen LogP contribution in [0.25, 0.3) is 10.9 Å². The van der Waals surface area contributed by atoms with Gasteiger partial charge in [0.05, 0.1) is 0 Å². The van der Waals surface area contributed by atoms with Gasteiger partial charge in [0.1, 0.15) is 0 Å². The van der Waals surface area contributed by atoms with E-state index in [1.165, 1.54) is 17.5 Å². The monoisotopic (exact) mass is 220 g/mol. The van der Waals surface area contributed by atoms with Crippen molar-refractivity contribution >= 4 is 22.5 Å². The molecule has 3 heteroatoms. The topological polar surface area (TPSA) is 27.8 Å². The van der Waals surface area contributed by atoms with Crippen LogP contribution in [0, 0.1) is 0 Å². The van der Waals surface area contributed by atoms with Gasteiger partial charge in [-0.05, 0) is 36.6 Å². The summed E-state index contributed by atoms with van der Waals surface area (Å²) in [5, 5.41) is 5.42. The van der Waals surface area contributed by atoms with Crippen molar-refractivity contribution in [2.45, 2.75) is 12.3 Å². The van der Waals surface area contributed by atoms with Gasteiger partial charge in [-0.15, -0.1) is 0 Å². The first-order valence-electron chi connectivity index (χ1n) is 5.32. The van der Waals surface area contributed by atoms with E-state index in [-0.39, 0.29) is 0 Å². The van der Waals surface area contributed by atoms with Crippen LogP contribution in [0.3, 0.4) is 0 Å². The Morgan fingerprint density at radius 3 is 3.00 bits per heavy atom. The molecular formula is C12H13ClN2. The molecule has 3 rings (SSSR count). The second-order valence-electron chi connectivity index (χ2n) is 4.15. The normalized spacial score (nSPS) is 21.3. The Morgan fingerprint density at radius 1 is 1.27 bits per heavy atom. The zero-order chi connectivity index (χ0) is 10.3. The van der Waals surface area contributed by atoms with Crippen molar-refractivity contribution in [3.05, 3.63) is 35.0 Å². The van der Waals surface area contributed by atoms with Crippen LogP contribution in [-0.4, -0.2) is 18.1 Å². The molecule has 1 atom stereocenters. The lowest BCUT2D eigenvalue weighted by Gasteiger charge is -2.03. The number of rotatable bonds is 1. The summed E-state index contributed by atoms with van der Waals surface area (Å²) in [4.78, 5) is 3.45. The number of halogens is 1. The average Bonchev–Trinajstić information content (AvgIpc) is 2.84. The lowest BCUT2D eigenvalue weighted by molar-refractivity contribution is 0.743. The predicted octanol–water partition coefficient (Wildman–Crippen LogP) is 2.90. The molecule has 78 valence electrons. The van der Waals surface area contributed by atoms with Crippen molar-refractivity contribution in [1.82, 2.24) is 10.3 Å². The summed E-state index contributed by atoms with van der Waals surface area (Å²) >= 11 is 5.96. The van der Waals surface area contributed by atoms with Gasteiger partial charge in [-0.1, -0.05) is 17.7 Å². The molecule has 1 fully saturated rings. The van der Waals surface area contributed by atoms with Crippen molar-refractivity contribution in [3.63, 3.8) is 0 Å². The second kappa shape index (κ2) is 3.54. The zero-order valence-corrected chi connectivity index (χ0v) is 9.14. The van der Waals surface area contributed by atoms with Crippen molar-refractivity contribution in [3.8, 4) is 0 Å². The minimum atomic E-state index is 0.635. The number of fused-ring (bicyclic) bond motifs is 1. The summed E-state index contributed by atoms with van der Waals surface area (Å²) in [6.07, 6.45) is 1.22. The Hall–Kier alpha value is -0.990.